The average molecular weight is 330 g/mol. The molecule has 2 rings (SSSR count). The molecule has 0 aliphatic heterocycles. The highest BCUT2D eigenvalue weighted by atomic mass is 19.1. The van der Waals surface area contributed by atoms with Crippen LogP contribution in [0.15, 0.2) is 42.5 Å². The van der Waals surface area contributed by atoms with Gasteiger partial charge in [-0.2, -0.15) is 0 Å². The minimum Gasteiger partial charge on any atom is -0.507 e. The van der Waals surface area contributed by atoms with Crippen LogP contribution in [0.4, 0.5) is 10.1 Å². The van der Waals surface area contributed by atoms with Crippen LogP contribution in [0.5, 0.6) is 5.75 Å². The van der Waals surface area contributed by atoms with E-state index in [1.165, 1.54) is 18.2 Å². The van der Waals surface area contributed by atoms with Crippen LogP contribution in [-0.2, 0) is 0 Å². The largest absolute Gasteiger partial charge is 0.507 e. The summed E-state index contributed by atoms with van der Waals surface area (Å²) in [5, 5.41) is 15.0. The summed E-state index contributed by atoms with van der Waals surface area (Å²) in [6, 6.07) is 9.49. The van der Waals surface area contributed by atoms with E-state index in [1.54, 1.807) is 12.1 Å². The molecule has 5 nitrogen and oxygen atoms in total. The van der Waals surface area contributed by atoms with E-state index in [1.807, 2.05) is 13.8 Å². The first-order valence-electron chi connectivity index (χ1n) is 7.62. The number of phenolic OH excluding ortho intramolecular Hbond substituents is 1. The van der Waals surface area contributed by atoms with Crippen molar-refractivity contribution in [2.24, 2.45) is 0 Å². The fourth-order valence-electron chi connectivity index (χ4n) is 2.07. The first-order chi connectivity index (χ1) is 11.4. The Morgan fingerprint density at radius 1 is 1.12 bits per heavy atom. The zero-order chi connectivity index (χ0) is 17.7. The molecule has 2 amide bonds. The summed E-state index contributed by atoms with van der Waals surface area (Å²) in [5.41, 5.74) is 0.264. The van der Waals surface area contributed by atoms with Crippen LogP contribution < -0.4 is 10.6 Å². The van der Waals surface area contributed by atoms with Crippen molar-refractivity contribution in [2.45, 2.75) is 26.3 Å². The Morgan fingerprint density at radius 3 is 2.50 bits per heavy atom. The summed E-state index contributed by atoms with van der Waals surface area (Å²) in [6.07, 6.45) is 0.723. The quantitative estimate of drug-likeness (QED) is 0.787. The van der Waals surface area contributed by atoms with E-state index in [0.29, 0.717) is 0 Å². The van der Waals surface area contributed by atoms with Gasteiger partial charge in [0.25, 0.3) is 11.8 Å². The molecule has 0 aliphatic rings. The van der Waals surface area contributed by atoms with Crippen molar-refractivity contribution in [3.63, 3.8) is 0 Å². The zero-order valence-corrected chi connectivity index (χ0v) is 13.5. The molecular formula is C18H19FN2O3. The Hall–Kier alpha value is -2.89. The lowest BCUT2D eigenvalue weighted by atomic mass is 10.1. The molecule has 0 aromatic heterocycles. The highest BCUT2D eigenvalue weighted by Crippen LogP contribution is 2.21. The second kappa shape index (κ2) is 7.59. The smallest absolute Gasteiger partial charge is 0.259 e. The molecule has 0 bridgehead atoms. The van der Waals surface area contributed by atoms with Crippen molar-refractivity contribution in [1.82, 2.24) is 5.32 Å². The van der Waals surface area contributed by atoms with Gasteiger partial charge in [0.1, 0.15) is 11.6 Å². The number of aromatic hydroxyl groups is 1. The summed E-state index contributed by atoms with van der Waals surface area (Å²) in [4.78, 5) is 24.6. The number of hydrogen-bond donors (Lipinski definition) is 3. The molecule has 0 saturated heterocycles. The minimum atomic E-state index is -0.586. The minimum absolute atomic E-state index is 0.0269. The van der Waals surface area contributed by atoms with Gasteiger partial charge in [0, 0.05) is 6.04 Å². The molecule has 24 heavy (non-hydrogen) atoms. The van der Waals surface area contributed by atoms with E-state index in [2.05, 4.69) is 10.6 Å². The van der Waals surface area contributed by atoms with E-state index in [4.69, 9.17) is 0 Å². The predicted octanol–water partition coefficient (Wildman–Crippen LogP) is 3.31. The number of carbonyl (C=O) groups is 2. The van der Waals surface area contributed by atoms with E-state index in [9.17, 15) is 19.1 Å². The third kappa shape index (κ3) is 4.10. The molecule has 6 heteroatoms. The molecule has 0 heterocycles. The van der Waals surface area contributed by atoms with Gasteiger partial charge in [0.05, 0.1) is 16.8 Å². The van der Waals surface area contributed by atoms with Gasteiger partial charge in [-0.25, -0.2) is 4.39 Å². The maximum atomic E-state index is 13.5. The number of amides is 2. The van der Waals surface area contributed by atoms with E-state index < -0.39 is 17.6 Å². The highest BCUT2D eigenvalue weighted by Gasteiger charge is 2.18. The molecule has 0 saturated carbocycles. The van der Waals surface area contributed by atoms with E-state index in [-0.39, 0.29) is 28.6 Å². The molecule has 2 aromatic rings. The SMILES string of the molecule is CCC(C)NC(=O)c1cc(F)ccc1NC(=O)c1ccccc1O. The van der Waals surface area contributed by atoms with E-state index in [0.717, 1.165) is 18.6 Å². The summed E-state index contributed by atoms with van der Waals surface area (Å²) in [7, 11) is 0. The molecule has 2 aromatic carbocycles. The van der Waals surface area contributed by atoms with Crippen LogP contribution >= 0.6 is 0 Å². The van der Waals surface area contributed by atoms with Crippen LogP contribution in [0.25, 0.3) is 0 Å². The Balaban J connectivity index is 2.29. The van der Waals surface area contributed by atoms with Gasteiger partial charge in [0.2, 0.25) is 0 Å². The molecule has 0 radical (unpaired) electrons. The first-order valence-corrected chi connectivity index (χ1v) is 7.62. The second-order valence-electron chi connectivity index (χ2n) is 5.44. The highest BCUT2D eigenvalue weighted by molar-refractivity contribution is 6.10. The molecule has 0 aliphatic carbocycles. The monoisotopic (exact) mass is 330 g/mol. The van der Waals surface area contributed by atoms with Crippen molar-refractivity contribution >= 4 is 17.5 Å². The van der Waals surface area contributed by atoms with Gasteiger partial charge in [-0.15, -0.1) is 0 Å². The third-order valence-corrected chi connectivity index (χ3v) is 3.61. The number of hydrogen-bond acceptors (Lipinski definition) is 3. The number of benzene rings is 2. The number of para-hydroxylation sites is 1. The molecule has 0 spiro atoms. The summed E-state index contributed by atoms with van der Waals surface area (Å²) in [6.45, 7) is 3.74. The Bertz CT molecular complexity index is 762. The van der Waals surface area contributed by atoms with E-state index >= 15 is 0 Å². The standard InChI is InChI=1S/C18H19FN2O3/c1-3-11(2)20-18(24)14-10-12(19)8-9-15(14)21-17(23)13-6-4-5-7-16(13)22/h4-11,22H,3H2,1-2H3,(H,20,24)(H,21,23). The zero-order valence-electron chi connectivity index (χ0n) is 13.5. The lowest BCUT2D eigenvalue weighted by Gasteiger charge is -2.15. The van der Waals surface area contributed by atoms with Crippen molar-refractivity contribution in [3.8, 4) is 5.75 Å². The third-order valence-electron chi connectivity index (χ3n) is 3.61. The Labute approximate surface area is 139 Å². The number of anilines is 1. The maximum Gasteiger partial charge on any atom is 0.259 e. The van der Waals surface area contributed by atoms with Gasteiger partial charge >= 0.3 is 0 Å². The van der Waals surface area contributed by atoms with Crippen LogP contribution in [0, 0.1) is 5.82 Å². The Kier molecular flexibility index (Phi) is 5.52. The van der Waals surface area contributed by atoms with Gasteiger partial charge < -0.3 is 15.7 Å². The van der Waals surface area contributed by atoms with Gasteiger partial charge in [-0.3, -0.25) is 9.59 Å². The predicted molar refractivity (Wildman–Crippen MR) is 89.7 cm³/mol. The van der Waals surface area contributed by atoms with Crippen molar-refractivity contribution in [1.29, 1.82) is 0 Å². The number of carbonyl (C=O) groups excluding carboxylic acids is 2. The maximum absolute atomic E-state index is 13.5. The van der Waals surface area contributed by atoms with Crippen molar-refractivity contribution in [2.75, 3.05) is 5.32 Å². The fraction of sp³-hybridized carbons (Fsp3) is 0.222. The van der Waals surface area contributed by atoms with Crippen LogP contribution in [0.2, 0.25) is 0 Å². The molecule has 1 atom stereocenters. The molecule has 126 valence electrons. The molecule has 1 unspecified atom stereocenters. The summed E-state index contributed by atoms with van der Waals surface area (Å²) >= 11 is 0. The van der Waals surface area contributed by atoms with Gasteiger partial charge in [-0.05, 0) is 43.7 Å². The Morgan fingerprint density at radius 2 is 1.83 bits per heavy atom. The second-order valence-corrected chi connectivity index (χ2v) is 5.44. The van der Waals surface area contributed by atoms with Gasteiger partial charge in [-0.1, -0.05) is 19.1 Å². The topological polar surface area (TPSA) is 78.4 Å². The number of rotatable bonds is 5. The number of nitrogens with one attached hydrogen (secondary N) is 2. The van der Waals surface area contributed by atoms with Crippen molar-refractivity contribution in [3.05, 3.63) is 59.4 Å². The van der Waals surface area contributed by atoms with Crippen LogP contribution in [-0.4, -0.2) is 23.0 Å². The average Bonchev–Trinajstić information content (AvgIpc) is 2.56. The lowest BCUT2D eigenvalue weighted by Crippen LogP contribution is -2.32. The lowest BCUT2D eigenvalue weighted by molar-refractivity contribution is 0.0939. The summed E-state index contributed by atoms with van der Waals surface area (Å²) < 4.78 is 13.5. The first kappa shape index (κ1) is 17.5. The summed E-state index contributed by atoms with van der Waals surface area (Å²) in [5.74, 6) is -1.82. The van der Waals surface area contributed by atoms with Crippen LogP contribution in [0.1, 0.15) is 41.0 Å². The van der Waals surface area contributed by atoms with Crippen molar-refractivity contribution < 1.29 is 19.1 Å². The molecule has 3 N–H and O–H groups in total. The van der Waals surface area contributed by atoms with Crippen LogP contribution in [0.3, 0.4) is 0 Å². The number of phenols is 1. The number of halogens is 1. The fourth-order valence-corrected chi connectivity index (χ4v) is 2.07. The normalized spacial score (nSPS) is 11.6. The molecular weight excluding hydrogens is 311 g/mol. The molecule has 0 fully saturated rings. The van der Waals surface area contributed by atoms with Gasteiger partial charge in [0.15, 0.2) is 0 Å².